The van der Waals surface area contributed by atoms with Crippen molar-refractivity contribution in [2.75, 3.05) is 18.5 Å². The van der Waals surface area contributed by atoms with E-state index in [0.717, 1.165) is 31.7 Å². The zero-order valence-corrected chi connectivity index (χ0v) is 9.80. The third-order valence-electron chi connectivity index (χ3n) is 2.54. The molecule has 4 nitrogen and oxygen atoms in total. The molecule has 0 aromatic carbocycles. The maximum atomic E-state index is 5.53. The minimum Gasteiger partial charge on any atom is -0.388 e. The number of hydrogen-bond acceptors (Lipinski definition) is 4. The molecular formula is C11H15N3OS. The number of rotatable bonds is 3. The molecule has 0 saturated carbocycles. The second kappa shape index (κ2) is 5.23. The number of anilines is 1. The maximum Gasteiger partial charge on any atom is 0.122 e. The van der Waals surface area contributed by atoms with Crippen LogP contribution < -0.4 is 11.1 Å². The van der Waals surface area contributed by atoms with Gasteiger partial charge in [-0.2, -0.15) is 0 Å². The monoisotopic (exact) mass is 237 g/mol. The van der Waals surface area contributed by atoms with Gasteiger partial charge < -0.3 is 15.8 Å². The lowest BCUT2D eigenvalue weighted by molar-refractivity contribution is 0.0876. The predicted molar refractivity (Wildman–Crippen MR) is 67.6 cm³/mol. The molecular weight excluding hydrogens is 222 g/mol. The van der Waals surface area contributed by atoms with Crippen LogP contribution in [0.4, 0.5) is 5.69 Å². The lowest BCUT2D eigenvalue weighted by Crippen LogP contribution is -2.30. The summed E-state index contributed by atoms with van der Waals surface area (Å²) in [4.78, 5) is 4.42. The van der Waals surface area contributed by atoms with Gasteiger partial charge in [0.25, 0.3) is 0 Å². The van der Waals surface area contributed by atoms with Gasteiger partial charge in [-0.25, -0.2) is 0 Å². The van der Waals surface area contributed by atoms with E-state index < -0.39 is 0 Å². The first-order valence-corrected chi connectivity index (χ1v) is 5.76. The van der Waals surface area contributed by atoms with E-state index in [4.69, 9.17) is 22.7 Å². The Morgan fingerprint density at radius 1 is 1.62 bits per heavy atom. The molecule has 0 amide bonds. The van der Waals surface area contributed by atoms with Crippen LogP contribution in [0, 0.1) is 0 Å². The van der Waals surface area contributed by atoms with Gasteiger partial charge in [-0.15, -0.1) is 0 Å². The average Bonchev–Trinajstić information content (AvgIpc) is 2.30. The normalized spacial score (nSPS) is 20.4. The van der Waals surface area contributed by atoms with Crippen molar-refractivity contribution in [3.8, 4) is 0 Å². The van der Waals surface area contributed by atoms with Crippen molar-refractivity contribution >= 4 is 22.9 Å². The highest BCUT2D eigenvalue weighted by Gasteiger charge is 2.13. The third kappa shape index (κ3) is 2.90. The van der Waals surface area contributed by atoms with Gasteiger partial charge in [-0.3, -0.25) is 4.98 Å². The summed E-state index contributed by atoms with van der Waals surface area (Å²) >= 11 is 4.89. The molecule has 2 heterocycles. The van der Waals surface area contributed by atoms with Gasteiger partial charge in [0.1, 0.15) is 4.99 Å². The molecule has 1 atom stereocenters. The predicted octanol–water partition coefficient (Wildman–Crippen LogP) is 1.31. The van der Waals surface area contributed by atoms with Crippen molar-refractivity contribution in [2.24, 2.45) is 5.73 Å². The number of nitrogens with zero attached hydrogens (tertiary/aromatic N) is 1. The number of aromatic nitrogens is 1. The van der Waals surface area contributed by atoms with E-state index in [1.165, 1.54) is 0 Å². The number of hydrogen-bond donors (Lipinski definition) is 2. The van der Waals surface area contributed by atoms with Gasteiger partial charge in [0.15, 0.2) is 0 Å². The Kier molecular flexibility index (Phi) is 3.69. The zero-order chi connectivity index (χ0) is 11.4. The molecule has 1 unspecified atom stereocenters. The molecule has 86 valence electrons. The molecule has 1 aliphatic rings. The molecule has 2 rings (SSSR count). The molecule has 1 aromatic heterocycles. The van der Waals surface area contributed by atoms with Crippen molar-refractivity contribution in [1.82, 2.24) is 4.98 Å². The van der Waals surface area contributed by atoms with Gasteiger partial charge >= 0.3 is 0 Å². The Hall–Kier alpha value is -1.20. The summed E-state index contributed by atoms with van der Waals surface area (Å²) in [6.45, 7) is 1.62. The fraction of sp³-hybridized carbons (Fsp3) is 0.455. The third-order valence-corrected chi connectivity index (χ3v) is 2.75. The van der Waals surface area contributed by atoms with Crippen molar-refractivity contribution in [3.05, 3.63) is 24.0 Å². The summed E-state index contributed by atoms with van der Waals surface area (Å²) in [5, 5.41) is 3.40. The van der Waals surface area contributed by atoms with Crippen molar-refractivity contribution in [3.63, 3.8) is 0 Å². The van der Waals surface area contributed by atoms with E-state index >= 15 is 0 Å². The summed E-state index contributed by atoms with van der Waals surface area (Å²) in [6.07, 6.45) is 3.94. The van der Waals surface area contributed by atoms with Crippen molar-refractivity contribution in [2.45, 2.75) is 18.9 Å². The van der Waals surface area contributed by atoms with Crippen LogP contribution in [0.25, 0.3) is 0 Å². The summed E-state index contributed by atoms with van der Waals surface area (Å²) in [5.41, 5.74) is 7.18. The minimum atomic E-state index is 0.323. The Labute approximate surface area is 100 Å². The van der Waals surface area contributed by atoms with Crippen LogP contribution in [0.1, 0.15) is 18.5 Å². The van der Waals surface area contributed by atoms with Gasteiger partial charge in [-0.05, 0) is 25.0 Å². The number of nitrogens with two attached hydrogens (primary N) is 1. The molecule has 0 bridgehead atoms. The topological polar surface area (TPSA) is 60.2 Å². The summed E-state index contributed by atoms with van der Waals surface area (Å²) < 4.78 is 5.40. The SMILES string of the molecule is NC(=S)c1cc(NC2CCCOC2)ccn1. The highest BCUT2D eigenvalue weighted by atomic mass is 32.1. The van der Waals surface area contributed by atoms with E-state index in [1.54, 1.807) is 6.20 Å². The summed E-state index contributed by atoms with van der Waals surface area (Å²) in [5.74, 6) is 0. The second-order valence-corrected chi connectivity index (χ2v) is 4.29. The standard InChI is InChI=1S/C11H15N3OS/c12-11(16)10-6-8(3-4-13-10)14-9-2-1-5-15-7-9/h3-4,6,9H,1-2,5,7H2,(H2,12,16)(H,13,14). The lowest BCUT2D eigenvalue weighted by atomic mass is 10.1. The Bertz CT molecular complexity index is 377. The number of thiocarbonyl (C=S) groups is 1. The molecule has 16 heavy (non-hydrogen) atoms. The highest BCUT2D eigenvalue weighted by Crippen LogP contribution is 2.14. The quantitative estimate of drug-likeness (QED) is 0.776. The van der Waals surface area contributed by atoms with Crippen molar-refractivity contribution < 1.29 is 4.74 Å². The van der Waals surface area contributed by atoms with E-state index in [-0.39, 0.29) is 0 Å². The van der Waals surface area contributed by atoms with Crippen LogP contribution in [-0.2, 0) is 4.74 Å². The van der Waals surface area contributed by atoms with E-state index in [1.807, 2.05) is 12.1 Å². The van der Waals surface area contributed by atoms with Crippen LogP contribution in [0.15, 0.2) is 18.3 Å². The first-order valence-electron chi connectivity index (χ1n) is 5.36. The van der Waals surface area contributed by atoms with Gasteiger partial charge in [0.05, 0.1) is 12.3 Å². The molecule has 0 radical (unpaired) electrons. The number of nitrogens with one attached hydrogen (secondary N) is 1. The van der Waals surface area contributed by atoms with Crippen LogP contribution in [0.2, 0.25) is 0 Å². The fourth-order valence-corrected chi connectivity index (χ4v) is 1.86. The van der Waals surface area contributed by atoms with E-state index in [0.29, 0.717) is 16.7 Å². The fourth-order valence-electron chi connectivity index (χ4n) is 1.75. The van der Waals surface area contributed by atoms with Crippen LogP contribution in [0.3, 0.4) is 0 Å². The number of pyridine rings is 1. The molecule has 5 heteroatoms. The molecule has 1 fully saturated rings. The van der Waals surface area contributed by atoms with Crippen molar-refractivity contribution in [1.29, 1.82) is 0 Å². The van der Waals surface area contributed by atoms with E-state index in [9.17, 15) is 0 Å². The smallest absolute Gasteiger partial charge is 0.122 e. The Morgan fingerprint density at radius 3 is 3.19 bits per heavy atom. The highest BCUT2D eigenvalue weighted by molar-refractivity contribution is 7.80. The molecule has 3 N–H and O–H groups in total. The summed E-state index contributed by atoms with van der Waals surface area (Å²) in [6, 6.07) is 4.16. The molecule has 0 aliphatic carbocycles. The maximum absolute atomic E-state index is 5.53. The first-order chi connectivity index (χ1) is 7.75. The van der Waals surface area contributed by atoms with E-state index in [2.05, 4.69) is 10.3 Å². The van der Waals surface area contributed by atoms with Gasteiger partial charge in [-0.1, -0.05) is 12.2 Å². The number of ether oxygens (including phenoxy) is 1. The van der Waals surface area contributed by atoms with Gasteiger partial charge in [0, 0.05) is 24.5 Å². The Balaban J connectivity index is 2.02. The second-order valence-electron chi connectivity index (χ2n) is 3.85. The average molecular weight is 237 g/mol. The summed E-state index contributed by atoms with van der Waals surface area (Å²) in [7, 11) is 0. The molecule has 1 aromatic rings. The molecule has 1 aliphatic heterocycles. The first kappa shape index (κ1) is 11.3. The minimum absolute atomic E-state index is 0.323. The molecule has 1 saturated heterocycles. The lowest BCUT2D eigenvalue weighted by Gasteiger charge is -2.24. The van der Waals surface area contributed by atoms with Gasteiger partial charge in [0.2, 0.25) is 0 Å². The Morgan fingerprint density at radius 2 is 2.50 bits per heavy atom. The van der Waals surface area contributed by atoms with Crippen LogP contribution in [-0.4, -0.2) is 29.2 Å². The van der Waals surface area contributed by atoms with Crippen LogP contribution in [0.5, 0.6) is 0 Å². The molecule has 0 spiro atoms. The zero-order valence-electron chi connectivity index (χ0n) is 8.98. The largest absolute Gasteiger partial charge is 0.388 e. The van der Waals surface area contributed by atoms with Crippen LogP contribution >= 0.6 is 12.2 Å².